The molecule has 0 saturated carbocycles. The predicted molar refractivity (Wildman–Crippen MR) is 100 cm³/mol. The molecular weight excluding hydrogens is 416 g/mol. The molecule has 1 fully saturated rings. The van der Waals surface area contributed by atoms with Crippen LogP contribution in [-0.4, -0.2) is 45.8 Å². The van der Waals surface area contributed by atoms with E-state index in [0.29, 0.717) is 25.0 Å². The highest BCUT2D eigenvalue weighted by atomic mass is 19.3. The summed E-state index contributed by atoms with van der Waals surface area (Å²) in [4.78, 5) is 34.4. The first-order chi connectivity index (χ1) is 14.9. The molecule has 162 valence electrons. The van der Waals surface area contributed by atoms with Crippen LogP contribution in [-0.2, 0) is 10.3 Å². The van der Waals surface area contributed by atoms with Crippen LogP contribution in [0.1, 0.15) is 28.9 Å². The molecule has 0 bridgehead atoms. The number of hydrogen-bond donors (Lipinski definition) is 2. The molecule has 0 spiro atoms. The smallest absolute Gasteiger partial charge is 0.435 e. The van der Waals surface area contributed by atoms with Crippen LogP contribution in [0.5, 0.6) is 5.75 Å². The summed E-state index contributed by atoms with van der Waals surface area (Å²) < 4.78 is 39.2. The Labute approximate surface area is 173 Å². The summed E-state index contributed by atoms with van der Waals surface area (Å²) in [7, 11) is 0. The maximum atomic E-state index is 12.9. The fraction of sp³-hybridized carbons (Fsp3) is 0.316. The lowest BCUT2D eigenvalue weighted by Crippen LogP contribution is -2.51. The number of amides is 1. The molecule has 1 saturated heterocycles. The zero-order chi connectivity index (χ0) is 21.8. The van der Waals surface area contributed by atoms with Crippen LogP contribution < -0.4 is 15.8 Å². The molecule has 12 heteroatoms. The Morgan fingerprint density at radius 2 is 2.03 bits per heavy atom. The van der Waals surface area contributed by atoms with E-state index in [9.17, 15) is 18.4 Å². The second-order valence-corrected chi connectivity index (χ2v) is 6.83. The van der Waals surface area contributed by atoms with Crippen LogP contribution in [0.4, 0.5) is 8.78 Å². The van der Waals surface area contributed by atoms with E-state index >= 15 is 0 Å². The van der Waals surface area contributed by atoms with Gasteiger partial charge in [0.1, 0.15) is 17.1 Å². The van der Waals surface area contributed by atoms with Crippen LogP contribution in [0.25, 0.3) is 11.5 Å². The molecule has 31 heavy (non-hydrogen) atoms. The van der Waals surface area contributed by atoms with Crippen molar-refractivity contribution in [2.45, 2.75) is 25.0 Å². The van der Waals surface area contributed by atoms with Crippen molar-refractivity contribution in [3.63, 3.8) is 0 Å². The van der Waals surface area contributed by atoms with Crippen molar-refractivity contribution >= 4 is 5.91 Å². The van der Waals surface area contributed by atoms with E-state index in [0.717, 1.165) is 0 Å². The summed E-state index contributed by atoms with van der Waals surface area (Å²) in [5.74, 6) is -1.12. The molecular formula is C19H17F2N5O5. The van der Waals surface area contributed by atoms with Gasteiger partial charge in [0.05, 0.1) is 24.5 Å². The van der Waals surface area contributed by atoms with Crippen LogP contribution in [0.3, 0.4) is 0 Å². The van der Waals surface area contributed by atoms with Gasteiger partial charge in [-0.15, -0.1) is 0 Å². The monoisotopic (exact) mass is 433 g/mol. The number of hydrogen-bond acceptors (Lipinski definition) is 8. The number of H-pyrrole nitrogens is 1. The first-order valence-electron chi connectivity index (χ1n) is 9.29. The minimum atomic E-state index is -2.92. The van der Waals surface area contributed by atoms with E-state index in [-0.39, 0.29) is 29.6 Å². The number of nitrogens with zero attached hydrogens (tertiary/aromatic N) is 3. The molecule has 0 aliphatic carbocycles. The summed E-state index contributed by atoms with van der Waals surface area (Å²) in [5, 5.41) is 6.45. The van der Waals surface area contributed by atoms with E-state index in [1.165, 1.54) is 24.5 Å². The van der Waals surface area contributed by atoms with Crippen LogP contribution in [0.15, 0.2) is 46.0 Å². The summed E-state index contributed by atoms with van der Waals surface area (Å²) in [6, 6.07) is 6.05. The molecule has 0 radical (unpaired) electrons. The van der Waals surface area contributed by atoms with E-state index in [4.69, 9.17) is 4.74 Å². The van der Waals surface area contributed by atoms with E-state index in [2.05, 4.69) is 34.7 Å². The Balaban J connectivity index is 1.54. The van der Waals surface area contributed by atoms with Gasteiger partial charge in [0, 0.05) is 6.61 Å². The summed E-state index contributed by atoms with van der Waals surface area (Å²) in [6.07, 6.45) is 3.80. The fourth-order valence-electron chi connectivity index (χ4n) is 3.34. The standard InChI is InChI=1S/C19H17F2N5O5/c20-17(21)30-12-4-2-11(3-5-12)19(6-1-7-29-10-19)25-16(27)14-9-22-13(8-23-14)15-24-18(28)31-26-15/h2-5,8-9,17H,1,6-7,10H2,(H,25,27)(H,24,26,28). The first kappa shape index (κ1) is 20.6. The second-order valence-electron chi connectivity index (χ2n) is 6.83. The van der Waals surface area contributed by atoms with Gasteiger partial charge in [0.15, 0.2) is 0 Å². The first-order valence-corrected chi connectivity index (χ1v) is 9.29. The minimum absolute atomic E-state index is 0.0179. The lowest BCUT2D eigenvalue weighted by molar-refractivity contribution is -0.0498. The number of carbonyl (C=O) groups is 1. The number of nitrogens with one attached hydrogen (secondary N) is 2. The number of ether oxygens (including phenoxy) is 2. The molecule has 1 amide bonds. The van der Waals surface area contributed by atoms with Crippen molar-refractivity contribution < 1.29 is 27.6 Å². The second kappa shape index (κ2) is 8.60. The number of carbonyl (C=O) groups excluding carboxylic acids is 1. The van der Waals surface area contributed by atoms with E-state index in [1.54, 1.807) is 12.1 Å². The molecule has 3 heterocycles. The van der Waals surface area contributed by atoms with Gasteiger partial charge in [-0.05, 0) is 30.5 Å². The van der Waals surface area contributed by atoms with Crippen molar-refractivity contribution in [2.75, 3.05) is 13.2 Å². The maximum Gasteiger partial charge on any atom is 0.439 e. The SMILES string of the molecule is O=C(NC1(c2ccc(OC(F)F)cc2)CCCOC1)c1cnc(-c2noc(=O)[nH]2)cn1. The fourth-order valence-corrected chi connectivity index (χ4v) is 3.34. The van der Waals surface area contributed by atoms with E-state index < -0.39 is 23.8 Å². The lowest BCUT2D eigenvalue weighted by atomic mass is 9.84. The molecule has 10 nitrogen and oxygen atoms in total. The third kappa shape index (κ3) is 4.58. The average molecular weight is 433 g/mol. The molecule has 3 aromatic rings. The molecule has 2 N–H and O–H groups in total. The maximum absolute atomic E-state index is 12.9. The molecule has 1 aliphatic rings. The number of halogens is 2. The van der Waals surface area contributed by atoms with Crippen LogP contribution in [0.2, 0.25) is 0 Å². The number of rotatable bonds is 6. The van der Waals surface area contributed by atoms with Gasteiger partial charge in [-0.25, -0.2) is 14.8 Å². The Hall–Kier alpha value is -3.67. The van der Waals surface area contributed by atoms with E-state index in [1.807, 2.05) is 0 Å². The Morgan fingerprint density at radius 1 is 1.23 bits per heavy atom. The van der Waals surface area contributed by atoms with Crippen molar-refractivity contribution in [3.05, 3.63) is 58.5 Å². The molecule has 1 aliphatic heterocycles. The van der Waals surface area contributed by atoms with Crippen molar-refractivity contribution in [3.8, 4) is 17.3 Å². The van der Waals surface area contributed by atoms with Gasteiger partial charge in [-0.3, -0.25) is 14.3 Å². The zero-order valence-corrected chi connectivity index (χ0v) is 16.0. The predicted octanol–water partition coefficient (Wildman–Crippen LogP) is 1.86. The Morgan fingerprint density at radius 3 is 2.61 bits per heavy atom. The van der Waals surface area contributed by atoms with Gasteiger partial charge in [0.2, 0.25) is 5.82 Å². The van der Waals surface area contributed by atoms with Crippen LogP contribution in [0, 0.1) is 0 Å². The largest absolute Gasteiger partial charge is 0.439 e. The van der Waals surface area contributed by atoms with Crippen molar-refractivity contribution in [1.29, 1.82) is 0 Å². The average Bonchev–Trinajstić information content (AvgIpc) is 3.21. The molecule has 1 unspecified atom stereocenters. The topological polar surface area (TPSA) is 132 Å². The lowest BCUT2D eigenvalue weighted by Gasteiger charge is -2.38. The Bertz CT molecular complexity index is 1090. The number of alkyl halides is 2. The van der Waals surface area contributed by atoms with Crippen LogP contribution >= 0.6 is 0 Å². The highest BCUT2D eigenvalue weighted by Gasteiger charge is 2.37. The normalized spacial score (nSPS) is 18.7. The van der Waals surface area contributed by atoms with Gasteiger partial charge < -0.3 is 14.8 Å². The summed E-state index contributed by atoms with van der Waals surface area (Å²) in [5.41, 5.74) is 0.0907. The third-order valence-corrected chi connectivity index (χ3v) is 4.79. The molecule has 1 atom stereocenters. The van der Waals surface area contributed by atoms with Gasteiger partial charge >= 0.3 is 12.4 Å². The number of benzene rings is 1. The van der Waals surface area contributed by atoms with Gasteiger partial charge in [-0.2, -0.15) is 8.78 Å². The zero-order valence-electron chi connectivity index (χ0n) is 16.0. The van der Waals surface area contributed by atoms with Crippen molar-refractivity contribution in [2.24, 2.45) is 0 Å². The number of aromatic nitrogens is 4. The van der Waals surface area contributed by atoms with Crippen molar-refractivity contribution in [1.82, 2.24) is 25.4 Å². The summed E-state index contributed by atoms with van der Waals surface area (Å²) >= 11 is 0. The Kier molecular flexibility index (Phi) is 5.71. The highest BCUT2D eigenvalue weighted by molar-refractivity contribution is 5.92. The van der Waals surface area contributed by atoms with Gasteiger partial charge in [0.25, 0.3) is 5.91 Å². The summed E-state index contributed by atoms with van der Waals surface area (Å²) in [6.45, 7) is -2.16. The number of aromatic amines is 1. The molecule has 1 aromatic carbocycles. The molecule has 2 aromatic heterocycles. The minimum Gasteiger partial charge on any atom is -0.435 e. The quantitative estimate of drug-likeness (QED) is 0.602. The molecule has 4 rings (SSSR count). The van der Waals surface area contributed by atoms with Gasteiger partial charge in [-0.1, -0.05) is 17.3 Å². The highest BCUT2D eigenvalue weighted by Crippen LogP contribution is 2.32. The third-order valence-electron chi connectivity index (χ3n) is 4.79.